The van der Waals surface area contributed by atoms with Gasteiger partial charge >= 0.3 is 5.69 Å². The lowest BCUT2D eigenvalue weighted by Crippen LogP contribution is -2.16. The molecule has 0 aromatic carbocycles. The highest BCUT2D eigenvalue weighted by atomic mass is 35.5. The Hall–Kier alpha value is -1.36. The fraction of sp³-hybridized carbons (Fsp3) is 0.375. The van der Waals surface area contributed by atoms with Gasteiger partial charge in [0.2, 0.25) is 0 Å². The van der Waals surface area contributed by atoms with Crippen molar-refractivity contribution in [3.05, 3.63) is 22.0 Å². The quantitative estimate of drug-likeness (QED) is 0.761. The van der Waals surface area contributed by atoms with Crippen molar-refractivity contribution in [1.29, 1.82) is 0 Å². The van der Waals surface area contributed by atoms with Crippen molar-refractivity contribution < 1.29 is 0 Å². The lowest BCUT2D eigenvalue weighted by molar-refractivity contribution is 0.674. The van der Waals surface area contributed by atoms with Crippen LogP contribution in [0.5, 0.6) is 0 Å². The van der Waals surface area contributed by atoms with E-state index in [9.17, 15) is 4.79 Å². The van der Waals surface area contributed by atoms with Gasteiger partial charge in [-0.05, 0) is 6.42 Å². The van der Waals surface area contributed by atoms with Gasteiger partial charge in [0.25, 0.3) is 0 Å². The Morgan fingerprint density at radius 1 is 1.57 bits per heavy atom. The highest BCUT2D eigenvalue weighted by Gasteiger charge is 2.10. The monoisotopic (exact) mass is 212 g/mol. The first kappa shape index (κ1) is 9.21. The van der Waals surface area contributed by atoms with Crippen LogP contribution in [0.25, 0.3) is 11.2 Å². The number of hydrogen-bond acceptors (Lipinski definition) is 3. The molecule has 0 spiro atoms. The number of nitrogens with zero attached hydrogens (tertiary/aromatic N) is 3. The minimum Gasteiger partial charge on any atom is -0.290 e. The molecule has 0 amide bonds. The number of aromatic nitrogens is 4. The first-order valence-corrected chi connectivity index (χ1v) is 4.71. The van der Waals surface area contributed by atoms with E-state index in [2.05, 4.69) is 15.0 Å². The maximum atomic E-state index is 11.5. The fourth-order valence-electron chi connectivity index (χ4n) is 1.40. The summed E-state index contributed by atoms with van der Waals surface area (Å²) in [7, 11) is 0. The number of halogens is 1. The van der Waals surface area contributed by atoms with Crippen LogP contribution in [0.15, 0.2) is 11.1 Å². The molecule has 74 valence electrons. The zero-order valence-electron chi connectivity index (χ0n) is 7.62. The Labute approximate surface area is 84.8 Å². The van der Waals surface area contributed by atoms with Crippen LogP contribution in [0.2, 0.25) is 5.15 Å². The van der Waals surface area contributed by atoms with Crippen LogP contribution in [0.3, 0.4) is 0 Å². The maximum Gasteiger partial charge on any atom is 0.327 e. The Kier molecular flexibility index (Phi) is 2.25. The van der Waals surface area contributed by atoms with Crippen molar-refractivity contribution in [2.24, 2.45) is 0 Å². The van der Waals surface area contributed by atoms with Gasteiger partial charge in [-0.3, -0.25) is 9.55 Å². The number of nitrogens with one attached hydrogen (secondary N) is 1. The highest BCUT2D eigenvalue weighted by Crippen LogP contribution is 2.15. The standard InChI is InChI=1S/C8H9ClN4O/c1-2-3-13-5-6(9)10-4-11-7(5)12-8(13)14/h4H,2-3H2,1H3,(H,10,11,12,14). The van der Waals surface area contributed by atoms with Gasteiger partial charge in [0.05, 0.1) is 0 Å². The van der Waals surface area contributed by atoms with Gasteiger partial charge in [-0.1, -0.05) is 18.5 Å². The summed E-state index contributed by atoms with van der Waals surface area (Å²) in [5.41, 5.74) is 0.883. The molecule has 0 saturated heterocycles. The van der Waals surface area contributed by atoms with Gasteiger partial charge < -0.3 is 0 Å². The second-order valence-electron chi connectivity index (χ2n) is 2.94. The third-order valence-corrected chi connectivity index (χ3v) is 2.24. The summed E-state index contributed by atoms with van der Waals surface area (Å²) in [4.78, 5) is 21.9. The molecule has 0 bridgehead atoms. The number of fused-ring (bicyclic) bond motifs is 1. The molecule has 0 fully saturated rings. The van der Waals surface area contributed by atoms with Crippen LogP contribution >= 0.6 is 11.6 Å². The topological polar surface area (TPSA) is 63.6 Å². The Balaban J connectivity index is 2.79. The SMILES string of the molecule is CCCn1c(=O)[nH]c2ncnc(Cl)c21. The molecule has 0 radical (unpaired) electrons. The molecule has 1 N–H and O–H groups in total. The van der Waals surface area contributed by atoms with E-state index < -0.39 is 0 Å². The van der Waals surface area contributed by atoms with E-state index in [0.29, 0.717) is 22.9 Å². The summed E-state index contributed by atoms with van der Waals surface area (Å²) in [6, 6.07) is 0. The fourth-order valence-corrected chi connectivity index (χ4v) is 1.63. The van der Waals surface area contributed by atoms with E-state index >= 15 is 0 Å². The summed E-state index contributed by atoms with van der Waals surface area (Å²) in [5.74, 6) is 0. The molecular formula is C8H9ClN4O. The van der Waals surface area contributed by atoms with Crippen molar-refractivity contribution in [2.45, 2.75) is 19.9 Å². The predicted octanol–water partition coefficient (Wildman–Crippen LogP) is 1.18. The highest BCUT2D eigenvalue weighted by molar-refractivity contribution is 6.33. The number of aromatic amines is 1. The molecule has 2 heterocycles. The third kappa shape index (κ3) is 1.29. The predicted molar refractivity (Wildman–Crippen MR) is 53.4 cm³/mol. The summed E-state index contributed by atoms with van der Waals surface area (Å²) in [6.07, 6.45) is 2.19. The number of aryl methyl sites for hydroxylation is 1. The average Bonchev–Trinajstić information content (AvgIpc) is 2.45. The largest absolute Gasteiger partial charge is 0.327 e. The molecule has 0 aliphatic carbocycles. The van der Waals surface area contributed by atoms with Gasteiger partial charge in [-0.25, -0.2) is 14.8 Å². The first-order chi connectivity index (χ1) is 6.74. The lowest BCUT2D eigenvalue weighted by Gasteiger charge is -1.99. The van der Waals surface area contributed by atoms with Gasteiger partial charge in [-0.15, -0.1) is 0 Å². The van der Waals surface area contributed by atoms with Crippen LogP contribution in [0.1, 0.15) is 13.3 Å². The van der Waals surface area contributed by atoms with Crippen molar-refractivity contribution in [3.63, 3.8) is 0 Å². The molecule has 0 aliphatic rings. The van der Waals surface area contributed by atoms with E-state index in [1.165, 1.54) is 6.33 Å². The van der Waals surface area contributed by atoms with Crippen LogP contribution in [-0.4, -0.2) is 19.5 Å². The van der Waals surface area contributed by atoms with Crippen LogP contribution in [0, 0.1) is 0 Å². The van der Waals surface area contributed by atoms with Crippen molar-refractivity contribution in [1.82, 2.24) is 19.5 Å². The van der Waals surface area contributed by atoms with Crippen LogP contribution < -0.4 is 5.69 Å². The Morgan fingerprint density at radius 2 is 2.36 bits per heavy atom. The van der Waals surface area contributed by atoms with Crippen molar-refractivity contribution in [2.75, 3.05) is 0 Å². The molecule has 2 aromatic heterocycles. The number of imidazole rings is 1. The van der Waals surface area contributed by atoms with Gasteiger partial charge in [0.1, 0.15) is 11.8 Å². The summed E-state index contributed by atoms with van der Waals surface area (Å²) in [5, 5.41) is 0.307. The van der Waals surface area contributed by atoms with Crippen molar-refractivity contribution >= 4 is 22.8 Å². The number of hydrogen-bond donors (Lipinski definition) is 1. The van der Waals surface area contributed by atoms with E-state index in [-0.39, 0.29) is 5.69 Å². The molecule has 0 aliphatic heterocycles. The maximum absolute atomic E-state index is 11.5. The summed E-state index contributed by atoms with van der Waals surface area (Å²) >= 11 is 5.88. The Bertz CT molecular complexity index is 516. The molecule has 6 heteroatoms. The van der Waals surface area contributed by atoms with E-state index in [4.69, 9.17) is 11.6 Å². The van der Waals surface area contributed by atoms with Gasteiger partial charge in [0, 0.05) is 6.54 Å². The normalized spacial score (nSPS) is 11.0. The smallest absolute Gasteiger partial charge is 0.290 e. The average molecular weight is 213 g/mol. The van der Waals surface area contributed by atoms with Crippen LogP contribution in [0.4, 0.5) is 0 Å². The summed E-state index contributed by atoms with van der Waals surface area (Å²) in [6.45, 7) is 2.61. The second-order valence-corrected chi connectivity index (χ2v) is 3.30. The zero-order valence-corrected chi connectivity index (χ0v) is 8.38. The first-order valence-electron chi connectivity index (χ1n) is 4.33. The number of H-pyrrole nitrogens is 1. The molecule has 0 unspecified atom stereocenters. The third-order valence-electron chi connectivity index (χ3n) is 1.97. The van der Waals surface area contributed by atoms with Crippen molar-refractivity contribution in [3.8, 4) is 0 Å². The Morgan fingerprint density at radius 3 is 3.07 bits per heavy atom. The number of rotatable bonds is 2. The zero-order chi connectivity index (χ0) is 10.1. The molecular weight excluding hydrogens is 204 g/mol. The molecule has 14 heavy (non-hydrogen) atoms. The van der Waals surface area contributed by atoms with E-state index in [0.717, 1.165) is 6.42 Å². The van der Waals surface area contributed by atoms with Crippen LogP contribution in [-0.2, 0) is 6.54 Å². The molecule has 0 saturated carbocycles. The minimum absolute atomic E-state index is 0.191. The molecule has 5 nitrogen and oxygen atoms in total. The van der Waals surface area contributed by atoms with Gasteiger partial charge in [-0.2, -0.15) is 0 Å². The van der Waals surface area contributed by atoms with Gasteiger partial charge in [0.15, 0.2) is 10.8 Å². The summed E-state index contributed by atoms with van der Waals surface area (Å²) < 4.78 is 1.55. The van der Waals surface area contributed by atoms with E-state index in [1.807, 2.05) is 6.92 Å². The minimum atomic E-state index is -0.191. The second kappa shape index (κ2) is 3.42. The molecule has 2 aromatic rings. The lowest BCUT2D eigenvalue weighted by atomic mass is 10.4. The molecule has 2 rings (SSSR count). The molecule has 0 atom stereocenters. The van der Waals surface area contributed by atoms with E-state index in [1.54, 1.807) is 4.57 Å².